The Morgan fingerprint density at radius 3 is 2.17 bits per heavy atom. The normalized spacial score (nSPS) is 20.0. The summed E-state index contributed by atoms with van der Waals surface area (Å²) < 4.78 is 0. The first-order valence-electron chi connectivity index (χ1n) is 5.41. The molecule has 0 radical (unpaired) electrons. The lowest BCUT2D eigenvalue weighted by Gasteiger charge is -2.20. The van der Waals surface area contributed by atoms with Crippen LogP contribution in [-0.2, 0) is 0 Å². The highest BCUT2D eigenvalue weighted by Gasteiger charge is 2.42. The van der Waals surface area contributed by atoms with Gasteiger partial charge < -0.3 is 5.32 Å². The third kappa shape index (κ3) is 2.48. The lowest BCUT2D eigenvalue weighted by Crippen LogP contribution is -2.22. The lowest BCUT2D eigenvalue weighted by molar-refractivity contribution is 0.328. The summed E-state index contributed by atoms with van der Waals surface area (Å²) in [4.78, 5) is 0. The number of hydrogen-bond donors (Lipinski definition) is 1. The minimum Gasteiger partial charge on any atom is -0.319 e. The Kier molecular flexibility index (Phi) is 3.57. The van der Waals surface area contributed by atoms with E-state index in [-0.39, 0.29) is 0 Å². The second-order valence-electron chi connectivity index (χ2n) is 4.42. The minimum absolute atomic E-state index is 0.714. The third-order valence-corrected chi connectivity index (χ3v) is 3.39. The monoisotopic (exact) mass is 169 g/mol. The number of hydrogen-bond acceptors (Lipinski definition) is 1. The molecule has 1 rings (SSSR count). The zero-order chi connectivity index (χ0) is 9.03. The fourth-order valence-electron chi connectivity index (χ4n) is 2.19. The summed E-state index contributed by atoms with van der Waals surface area (Å²) in [5.41, 5.74) is 0.714. The van der Waals surface area contributed by atoms with Gasteiger partial charge in [0.05, 0.1) is 0 Å². The van der Waals surface area contributed by atoms with Crippen molar-refractivity contribution in [1.29, 1.82) is 0 Å². The van der Waals surface area contributed by atoms with Crippen molar-refractivity contribution in [2.45, 2.75) is 46.0 Å². The first kappa shape index (κ1) is 10.0. The van der Waals surface area contributed by atoms with Crippen LogP contribution in [-0.4, -0.2) is 13.6 Å². The molecule has 1 N–H and O–H groups in total. The van der Waals surface area contributed by atoms with Gasteiger partial charge in [0.1, 0.15) is 0 Å². The number of rotatable bonds is 6. The van der Waals surface area contributed by atoms with E-state index in [0.717, 1.165) is 5.92 Å². The largest absolute Gasteiger partial charge is 0.319 e. The average Bonchev–Trinajstić information content (AvgIpc) is 2.82. The van der Waals surface area contributed by atoms with E-state index < -0.39 is 0 Å². The molecule has 0 saturated heterocycles. The van der Waals surface area contributed by atoms with Crippen LogP contribution in [0.1, 0.15) is 46.0 Å². The summed E-state index contributed by atoms with van der Waals surface area (Å²) in [6.07, 6.45) is 7.11. The summed E-state index contributed by atoms with van der Waals surface area (Å²) in [6, 6.07) is 0. The molecule has 0 atom stereocenters. The van der Waals surface area contributed by atoms with Crippen LogP contribution >= 0.6 is 0 Å². The Balaban J connectivity index is 2.28. The molecule has 0 heterocycles. The van der Waals surface area contributed by atoms with Gasteiger partial charge in [0.25, 0.3) is 0 Å². The van der Waals surface area contributed by atoms with Crippen molar-refractivity contribution in [3.05, 3.63) is 0 Å². The van der Waals surface area contributed by atoms with Gasteiger partial charge in [0.15, 0.2) is 0 Å². The van der Waals surface area contributed by atoms with Gasteiger partial charge in [-0.05, 0) is 37.6 Å². The van der Waals surface area contributed by atoms with Crippen LogP contribution in [0.3, 0.4) is 0 Å². The zero-order valence-electron chi connectivity index (χ0n) is 8.82. The molecule has 0 aliphatic heterocycles. The van der Waals surface area contributed by atoms with Gasteiger partial charge in [-0.15, -0.1) is 0 Å². The molecule has 1 fully saturated rings. The van der Waals surface area contributed by atoms with E-state index in [4.69, 9.17) is 0 Å². The Labute approximate surface area is 76.9 Å². The molecule has 0 unspecified atom stereocenters. The first-order valence-corrected chi connectivity index (χ1v) is 5.41. The summed E-state index contributed by atoms with van der Waals surface area (Å²) in [5, 5.41) is 3.32. The highest BCUT2D eigenvalue weighted by molar-refractivity contribution is 4.95. The summed E-state index contributed by atoms with van der Waals surface area (Å²) >= 11 is 0. The average molecular weight is 169 g/mol. The maximum Gasteiger partial charge on any atom is 0.000491 e. The van der Waals surface area contributed by atoms with Crippen molar-refractivity contribution in [3.8, 4) is 0 Å². The van der Waals surface area contributed by atoms with Crippen LogP contribution in [0.5, 0.6) is 0 Å². The standard InChI is InChI=1S/C11H23N/c1-4-10(5-2)8-11(6-7-11)9-12-3/h10,12H,4-9H2,1-3H3. The highest BCUT2D eigenvalue weighted by Crippen LogP contribution is 2.50. The van der Waals surface area contributed by atoms with Crippen LogP contribution in [0.25, 0.3) is 0 Å². The molecule has 12 heavy (non-hydrogen) atoms. The van der Waals surface area contributed by atoms with E-state index in [1.54, 1.807) is 0 Å². The SMILES string of the molecule is CCC(CC)CC1(CNC)CC1. The van der Waals surface area contributed by atoms with Gasteiger partial charge in [-0.25, -0.2) is 0 Å². The molecule has 1 saturated carbocycles. The Bertz CT molecular complexity index is 123. The molecule has 1 heteroatoms. The van der Waals surface area contributed by atoms with Gasteiger partial charge in [-0.3, -0.25) is 0 Å². The minimum atomic E-state index is 0.714. The van der Waals surface area contributed by atoms with Crippen LogP contribution in [0.4, 0.5) is 0 Å². The van der Waals surface area contributed by atoms with Gasteiger partial charge >= 0.3 is 0 Å². The van der Waals surface area contributed by atoms with Gasteiger partial charge in [0.2, 0.25) is 0 Å². The van der Waals surface area contributed by atoms with E-state index in [2.05, 4.69) is 26.2 Å². The van der Waals surface area contributed by atoms with E-state index in [9.17, 15) is 0 Å². The predicted octanol–water partition coefficient (Wildman–Crippen LogP) is 2.81. The Morgan fingerprint density at radius 2 is 1.83 bits per heavy atom. The molecule has 0 aromatic heterocycles. The Morgan fingerprint density at radius 1 is 1.25 bits per heavy atom. The maximum absolute atomic E-state index is 3.32. The van der Waals surface area contributed by atoms with E-state index in [1.165, 1.54) is 38.6 Å². The van der Waals surface area contributed by atoms with E-state index >= 15 is 0 Å². The second-order valence-corrected chi connectivity index (χ2v) is 4.42. The fourth-order valence-corrected chi connectivity index (χ4v) is 2.19. The summed E-state index contributed by atoms with van der Waals surface area (Å²) in [7, 11) is 2.08. The smallest absolute Gasteiger partial charge is 0.000491 e. The quantitative estimate of drug-likeness (QED) is 0.644. The van der Waals surface area contributed by atoms with Crippen molar-refractivity contribution in [1.82, 2.24) is 5.32 Å². The van der Waals surface area contributed by atoms with E-state index in [1.807, 2.05) is 0 Å². The van der Waals surface area contributed by atoms with Gasteiger partial charge in [-0.1, -0.05) is 26.7 Å². The lowest BCUT2D eigenvalue weighted by atomic mass is 9.88. The molecular weight excluding hydrogens is 146 g/mol. The zero-order valence-corrected chi connectivity index (χ0v) is 8.82. The van der Waals surface area contributed by atoms with Crippen molar-refractivity contribution in [3.63, 3.8) is 0 Å². The van der Waals surface area contributed by atoms with Crippen LogP contribution in [0.2, 0.25) is 0 Å². The summed E-state index contributed by atoms with van der Waals surface area (Å²) in [5.74, 6) is 0.973. The van der Waals surface area contributed by atoms with Crippen LogP contribution < -0.4 is 5.32 Å². The first-order chi connectivity index (χ1) is 5.76. The third-order valence-electron chi connectivity index (χ3n) is 3.39. The molecular formula is C11H23N. The maximum atomic E-state index is 3.32. The summed E-state index contributed by atoms with van der Waals surface area (Å²) in [6.45, 7) is 5.89. The second kappa shape index (κ2) is 4.27. The van der Waals surface area contributed by atoms with Crippen LogP contribution in [0, 0.1) is 11.3 Å². The number of nitrogens with one attached hydrogen (secondary N) is 1. The highest BCUT2D eigenvalue weighted by atomic mass is 14.8. The molecule has 1 aliphatic rings. The molecule has 0 aromatic carbocycles. The van der Waals surface area contributed by atoms with Crippen molar-refractivity contribution < 1.29 is 0 Å². The van der Waals surface area contributed by atoms with E-state index in [0.29, 0.717) is 5.41 Å². The van der Waals surface area contributed by atoms with Crippen molar-refractivity contribution >= 4 is 0 Å². The van der Waals surface area contributed by atoms with Crippen molar-refractivity contribution in [2.24, 2.45) is 11.3 Å². The molecule has 1 aliphatic carbocycles. The molecule has 72 valence electrons. The van der Waals surface area contributed by atoms with Gasteiger partial charge in [0, 0.05) is 6.54 Å². The Hall–Kier alpha value is -0.0400. The predicted molar refractivity (Wildman–Crippen MR) is 54.3 cm³/mol. The topological polar surface area (TPSA) is 12.0 Å². The molecule has 0 aromatic rings. The van der Waals surface area contributed by atoms with Crippen LogP contribution in [0.15, 0.2) is 0 Å². The fraction of sp³-hybridized carbons (Fsp3) is 1.00. The molecule has 1 nitrogen and oxygen atoms in total. The molecule has 0 amide bonds. The molecule has 0 spiro atoms. The van der Waals surface area contributed by atoms with Crippen molar-refractivity contribution in [2.75, 3.05) is 13.6 Å². The molecule has 0 bridgehead atoms. The van der Waals surface area contributed by atoms with Gasteiger partial charge in [-0.2, -0.15) is 0 Å².